The number of carboxylic acid groups (broad SMARTS) is 1. The third-order valence-corrected chi connectivity index (χ3v) is 9.69. The highest BCUT2D eigenvalue weighted by Gasteiger charge is 2.45. The summed E-state index contributed by atoms with van der Waals surface area (Å²) in [7, 11) is 0. The van der Waals surface area contributed by atoms with Crippen LogP contribution in [0.3, 0.4) is 0 Å². The molecule has 0 saturated carbocycles. The van der Waals surface area contributed by atoms with Gasteiger partial charge in [0.2, 0.25) is 5.82 Å². The maximum atomic E-state index is 14.8. The number of carboxylic acids is 1. The van der Waals surface area contributed by atoms with Crippen LogP contribution in [0.5, 0.6) is 0 Å². The topological polar surface area (TPSA) is 105 Å². The Kier molecular flexibility index (Phi) is 10.4. The van der Waals surface area contributed by atoms with Crippen molar-refractivity contribution >= 4 is 17.6 Å². The quantitative estimate of drug-likeness (QED) is 0.210. The Hall–Kier alpha value is -3.40. The Bertz CT molecular complexity index is 1650. The number of rotatable bonds is 11. The van der Waals surface area contributed by atoms with Crippen LogP contribution in [0, 0.1) is 17.3 Å². The second-order valence-corrected chi connectivity index (χ2v) is 14.9. The van der Waals surface area contributed by atoms with E-state index >= 15 is 0 Å². The molecule has 2 unspecified atom stereocenters. The van der Waals surface area contributed by atoms with Crippen molar-refractivity contribution < 1.29 is 23.2 Å². The summed E-state index contributed by atoms with van der Waals surface area (Å²) in [4.78, 5) is 19.4. The Labute approximate surface area is 280 Å². The fraction of sp³-hybridized carbons (Fsp3) is 0.486. The Morgan fingerprint density at radius 1 is 1.15 bits per heavy atom. The number of carbonyl (C=O) groups is 1. The predicted molar refractivity (Wildman–Crippen MR) is 181 cm³/mol. The van der Waals surface area contributed by atoms with Gasteiger partial charge < -0.3 is 15.4 Å². The van der Waals surface area contributed by atoms with E-state index < -0.39 is 28.6 Å². The van der Waals surface area contributed by atoms with Crippen LogP contribution in [0.25, 0.3) is 22.8 Å². The van der Waals surface area contributed by atoms with Crippen LogP contribution in [0.15, 0.2) is 70.3 Å². The number of benzene rings is 2. The van der Waals surface area contributed by atoms with Crippen LogP contribution < -0.4 is 5.73 Å². The summed E-state index contributed by atoms with van der Waals surface area (Å²) < 4.78 is 35.2. The average Bonchev–Trinajstić information content (AvgIpc) is 3.49. The van der Waals surface area contributed by atoms with Crippen LogP contribution >= 0.6 is 11.6 Å². The van der Waals surface area contributed by atoms with Crippen molar-refractivity contribution in [2.75, 3.05) is 13.1 Å². The van der Waals surface area contributed by atoms with E-state index in [1.165, 1.54) is 6.08 Å². The van der Waals surface area contributed by atoms with E-state index in [1.54, 1.807) is 6.92 Å². The van der Waals surface area contributed by atoms with Gasteiger partial charge in [-0.1, -0.05) is 67.9 Å². The van der Waals surface area contributed by atoms with E-state index in [9.17, 15) is 18.7 Å². The zero-order valence-electron chi connectivity index (χ0n) is 27.8. The van der Waals surface area contributed by atoms with Crippen LogP contribution in [0.2, 0.25) is 5.02 Å². The molecule has 2 aromatic carbocycles. The third-order valence-electron chi connectivity index (χ3n) is 9.34. The molecule has 0 bridgehead atoms. The second kappa shape index (κ2) is 14.0. The molecule has 2 atom stereocenters. The fourth-order valence-corrected chi connectivity index (χ4v) is 7.01. The first-order valence-corrected chi connectivity index (χ1v) is 16.8. The maximum Gasteiger partial charge on any atom is 0.310 e. The van der Waals surface area contributed by atoms with Gasteiger partial charge in [-0.2, -0.15) is 4.98 Å². The largest absolute Gasteiger partial charge is 0.481 e. The van der Waals surface area contributed by atoms with Gasteiger partial charge in [-0.25, -0.2) is 8.78 Å². The second-order valence-electron chi connectivity index (χ2n) is 14.5. The maximum absolute atomic E-state index is 14.8. The summed E-state index contributed by atoms with van der Waals surface area (Å²) in [5.41, 5.74) is 8.32. The summed E-state index contributed by atoms with van der Waals surface area (Å²) in [5, 5.41) is 15.2. The Morgan fingerprint density at radius 2 is 1.81 bits per heavy atom. The van der Waals surface area contributed by atoms with E-state index in [0.29, 0.717) is 42.2 Å². The molecule has 0 radical (unpaired) electrons. The molecule has 5 rings (SSSR count). The molecule has 10 heteroatoms. The number of aromatic nitrogens is 2. The van der Waals surface area contributed by atoms with Crippen molar-refractivity contribution in [3.05, 3.63) is 81.9 Å². The molecule has 1 aliphatic heterocycles. The highest BCUT2D eigenvalue weighted by molar-refractivity contribution is 6.31. The molecular formula is C37H45ClF2N4O3. The first-order chi connectivity index (χ1) is 22.1. The fourth-order valence-electron chi connectivity index (χ4n) is 6.75. The monoisotopic (exact) mass is 666 g/mol. The van der Waals surface area contributed by atoms with Gasteiger partial charge in [-0.3, -0.25) is 9.69 Å². The zero-order chi connectivity index (χ0) is 34.1. The highest BCUT2D eigenvalue weighted by atomic mass is 35.5. The molecule has 2 heterocycles. The SMILES string of the molecule is CC(C)Cc1ccc(-c2nc(-c3ccc(C(CC(C)(C)N)N4CCC(CC5=C(F)CC(C)C=C5F)(C(=O)O)CC4)cc3)no2)cc1Cl. The van der Waals surface area contributed by atoms with Crippen LogP contribution in [0.1, 0.15) is 83.9 Å². The molecule has 1 aromatic heterocycles. The molecule has 1 fully saturated rings. The zero-order valence-corrected chi connectivity index (χ0v) is 28.6. The van der Waals surface area contributed by atoms with Gasteiger partial charge in [0.15, 0.2) is 0 Å². The Balaban J connectivity index is 1.33. The summed E-state index contributed by atoms with van der Waals surface area (Å²) in [6, 6.07) is 13.6. The number of nitrogens with zero attached hydrogens (tertiary/aromatic N) is 3. The van der Waals surface area contributed by atoms with Gasteiger partial charge in [0, 0.05) is 39.7 Å². The predicted octanol–water partition coefficient (Wildman–Crippen LogP) is 9.10. The third kappa shape index (κ3) is 8.19. The van der Waals surface area contributed by atoms with Crippen molar-refractivity contribution in [1.29, 1.82) is 0 Å². The lowest BCUT2D eigenvalue weighted by Crippen LogP contribution is -2.48. The number of halogens is 3. The van der Waals surface area contributed by atoms with Gasteiger partial charge >= 0.3 is 5.97 Å². The smallest absolute Gasteiger partial charge is 0.310 e. The van der Waals surface area contributed by atoms with Crippen LogP contribution in [-0.4, -0.2) is 44.7 Å². The number of allylic oxidation sites excluding steroid dienone is 4. The molecule has 3 N–H and O–H groups in total. The summed E-state index contributed by atoms with van der Waals surface area (Å²) in [6.45, 7) is 10.9. The molecule has 1 aliphatic carbocycles. The van der Waals surface area contributed by atoms with Crippen molar-refractivity contribution in [2.24, 2.45) is 23.0 Å². The number of piperidine rings is 1. The van der Waals surface area contributed by atoms with Crippen LogP contribution in [-0.2, 0) is 11.2 Å². The van der Waals surface area contributed by atoms with Gasteiger partial charge in [-0.05, 0) is 100 Å². The van der Waals surface area contributed by atoms with Gasteiger partial charge in [0.25, 0.3) is 5.89 Å². The lowest BCUT2D eigenvalue weighted by Gasteiger charge is -2.44. The lowest BCUT2D eigenvalue weighted by molar-refractivity contribution is -0.152. The summed E-state index contributed by atoms with van der Waals surface area (Å²) in [6.07, 6.45) is 3.39. The van der Waals surface area contributed by atoms with Gasteiger partial charge in [0.05, 0.1) is 5.41 Å². The Morgan fingerprint density at radius 3 is 2.38 bits per heavy atom. The minimum absolute atomic E-state index is 0.0914. The molecule has 0 amide bonds. The standard InChI is InChI=1S/C37H45ClF2N4O3/c1-22(2)16-26-10-11-27(19-29(26)38)34-42-33(43-47-34)25-8-6-24(7-9-25)32(21-36(4,5)41)44-14-12-37(13-15-44,35(45)46)20-28-30(39)17-23(3)18-31(28)40/h6-11,17,19,22-23,32H,12-16,18,20-21,41H2,1-5H3,(H,45,46). The molecule has 3 aromatic rings. The molecular weight excluding hydrogens is 622 g/mol. The number of hydrogen-bond donors (Lipinski definition) is 2. The number of aliphatic carboxylic acids is 1. The molecule has 1 saturated heterocycles. The highest BCUT2D eigenvalue weighted by Crippen LogP contribution is 2.45. The van der Waals surface area contributed by atoms with E-state index in [0.717, 1.165) is 28.7 Å². The molecule has 7 nitrogen and oxygen atoms in total. The van der Waals surface area contributed by atoms with E-state index in [-0.39, 0.29) is 43.2 Å². The van der Waals surface area contributed by atoms with Crippen molar-refractivity contribution in [1.82, 2.24) is 15.0 Å². The number of nitrogens with two attached hydrogens (primary N) is 1. The molecule has 0 spiro atoms. The normalized spacial score (nSPS) is 19.6. The van der Waals surface area contributed by atoms with Crippen LogP contribution in [0.4, 0.5) is 8.78 Å². The minimum atomic E-state index is -1.24. The van der Waals surface area contributed by atoms with E-state index in [4.69, 9.17) is 21.9 Å². The van der Waals surface area contributed by atoms with Crippen molar-refractivity contribution in [3.8, 4) is 22.8 Å². The summed E-state index contributed by atoms with van der Waals surface area (Å²) in [5.74, 6) is -1.12. The molecule has 47 heavy (non-hydrogen) atoms. The molecule has 252 valence electrons. The van der Waals surface area contributed by atoms with Crippen molar-refractivity contribution in [3.63, 3.8) is 0 Å². The molecule has 2 aliphatic rings. The average molecular weight is 667 g/mol. The minimum Gasteiger partial charge on any atom is -0.481 e. The number of hydrogen-bond acceptors (Lipinski definition) is 6. The van der Waals surface area contributed by atoms with Gasteiger partial charge in [-0.15, -0.1) is 0 Å². The van der Waals surface area contributed by atoms with Crippen molar-refractivity contribution in [2.45, 2.75) is 84.7 Å². The lowest BCUT2D eigenvalue weighted by atomic mass is 9.72. The van der Waals surface area contributed by atoms with E-state index in [2.05, 4.69) is 28.9 Å². The first kappa shape index (κ1) is 34.9. The van der Waals surface area contributed by atoms with E-state index in [1.807, 2.05) is 56.3 Å². The van der Waals surface area contributed by atoms with Gasteiger partial charge in [0.1, 0.15) is 11.7 Å². The number of likely N-dealkylation sites (tertiary alicyclic amines) is 1. The summed E-state index contributed by atoms with van der Waals surface area (Å²) >= 11 is 6.53. The first-order valence-electron chi connectivity index (χ1n) is 16.4.